The molecule has 0 aliphatic carbocycles. The van der Waals surface area contributed by atoms with Gasteiger partial charge in [-0.3, -0.25) is 10.1 Å². The molecule has 0 atom stereocenters. The van der Waals surface area contributed by atoms with Crippen LogP contribution in [0.5, 0.6) is 0 Å². The number of guanidine groups is 1. The Kier molecular flexibility index (Phi) is 8.28. The molecule has 1 heterocycles. The molecular weight excluding hydrogens is 412 g/mol. The van der Waals surface area contributed by atoms with Gasteiger partial charge in [-0.25, -0.2) is 9.98 Å². The molecule has 0 unspecified atom stereocenters. The standard InChI is InChI=1S/C22H28N6O2S/c1-17-26-20-6-3-4-7-21(20)27(17)14-5-12-23-22(24-13-15-31-2)25-16-18-8-10-19(11-9-18)28(29)30/h3-4,6-11H,5,12-16H2,1-2H3,(H2,23,24,25). The van der Waals surface area contributed by atoms with E-state index in [0.29, 0.717) is 6.54 Å². The van der Waals surface area contributed by atoms with Crippen LogP contribution in [0.1, 0.15) is 17.8 Å². The van der Waals surface area contributed by atoms with Crippen LogP contribution in [0.2, 0.25) is 0 Å². The minimum absolute atomic E-state index is 0.0893. The molecule has 2 N–H and O–H groups in total. The Hall–Kier alpha value is -3.07. The summed E-state index contributed by atoms with van der Waals surface area (Å²) in [5.41, 5.74) is 3.20. The topological polar surface area (TPSA) is 97.4 Å². The third-order valence-corrected chi connectivity index (χ3v) is 5.47. The first-order valence-electron chi connectivity index (χ1n) is 10.2. The molecule has 0 spiro atoms. The quantitative estimate of drug-likeness (QED) is 0.164. The van der Waals surface area contributed by atoms with Crippen molar-refractivity contribution in [2.24, 2.45) is 4.99 Å². The molecule has 3 rings (SSSR count). The van der Waals surface area contributed by atoms with Gasteiger partial charge in [-0.15, -0.1) is 0 Å². The summed E-state index contributed by atoms with van der Waals surface area (Å²) in [7, 11) is 0. The second kappa shape index (κ2) is 11.4. The second-order valence-corrected chi connectivity index (χ2v) is 8.07. The van der Waals surface area contributed by atoms with Gasteiger partial charge in [-0.05, 0) is 37.3 Å². The van der Waals surface area contributed by atoms with E-state index in [4.69, 9.17) is 0 Å². The highest BCUT2D eigenvalue weighted by Crippen LogP contribution is 2.15. The van der Waals surface area contributed by atoms with E-state index in [9.17, 15) is 10.1 Å². The van der Waals surface area contributed by atoms with E-state index in [0.717, 1.165) is 60.2 Å². The number of nitro groups is 1. The highest BCUT2D eigenvalue weighted by Gasteiger charge is 2.07. The van der Waals surface area contributed by atoms with Crippen LogP contribution in [0.25, 0.3) is 11.0 Å². The maximum Gasteiger partial charge on any atom is 0.269 e. The lowest BCUT2D eigenvalue weighted by Crippen LogP contribution is -2.39. The largest absolute Gasteiger partial charge is 0.356 e. The van der Waals surface area contributed by atoms with Crippen molar-refractivity contribution in [1.29, 1.82) is 0 Å². The molecule has 0 amide bonds. The van der Waals surface area contributed by atoms with Gasteiger partial charge in [0.1, 0.15) is 5.82 Å². The number of hydrogen-bond donors (Lipinski definition) is 2. The predicted octanol–water partition coefficient (Wildman–Crippen LogP) is 3.74. The number of hydrogen-bond acceptors (Lipinski definition) is 5. The Labute approximate surface area is 186 Å². The normalized spacial score (nSPS) is 11.6. The Bertz CT molecular complexity index is 1030. The number of rotatable bonds is 10. The van der Waals surface area contributed by atoms with Gasteiger partial charge < -0.3 is 15.2 Å². The van der Waals surface area contributed by atoms with Crippen molar-refractivity contribution in [3.63, 3.8) is 0 Å². The molecule has 0 bridgehead atoms. The second-order valence-electron chi connectivity index (χ2n) is 7.09. The average Bonchev–Trinajstić information content (AvgIpc) is 3.09. The lowest BCUT2D eigenvalue weighted by molar-refractivity contribution is -0.384. The Balaban J connectivity index is 1.56. The Morgan fingerprint density at radius 2 is 1.90 bits per heavy atom. The predicted molar refractivity (Wildman–Crippen MR) is 128 cm³/mol. The van der Waals surface area contributed by atoms with Gasteiger partial charge in [0.2, 0.25) is 0 Å². The number of aromatic nitrogens is 2. The molecule has 164 valence electrons. The Morgan fingerprint density at radius 1 is 1.16 bits per heavy atom. The van der Waals surface area contributed by atoms with E-state index in [1.165, 1.54) is 12.1 Å². The molecule has 1 aromatic heterocycles. The minimum Gasteiger partial charge on any atom is -0.356 e. The van der Waals surface area contributed by atoms with Gasteiger partial charge >= 0.3 is 0 Å². The van der Waals surface area contributed by atoms with E-state index in [1.54, 1.807) is 23.9 Å². The van der Waals surface area contributed by atoms with Crippen LogP contribution >= 0.6 is 11.8 Å². The zero-order valence-electron chi connectivity index (χ0n) is 17.9. The lowest BCUT2D eigenvalue weighted by atomic mass is 10.2. The molecule has 2 aromatic carbocycles. The third kappa shape index (κ3) is 6.45. The van der Waals surface area contributed by atoms with Crippen LogP contribution in [-0.4, -0.2) is 45.5 Å². The van der Waals surface area contributed by atoms with Crippen LogP contribution in [-0.2, 0) is 13.1 Å². The number of para-hydroxylation sites is 2. The average molecular weight is 441 g/mol. The van der Waals surface area contributed by atoms with Crippen LogP contribution < -0.4 is 10.6 Å². The summed E-state index contributed by atoms with van der Waals surface area (Å²) in [6, 6.07) is 14.7. The number of nitrogens with zero attached hydrogens (tertiary/aromatic N) is 4. The van der Waals surface area contributed by atoms with Crippen molar-refractivity contribution in [3.05, 3.63) is 70.0 Å². The monoisotopic (exact) mass is 440 g/mol. The summed E-state index contributed by atoms with van der Waals surface area (Å²) < 4.78 is 2.24. The van der Waals surface area contributed by atoms with Gasteiger partial charge in [0, 0.05) is 37.5 Å². The zero-order valence-corrected chi connectivity index (χ0v) is 18.7. The SMILES string of the molecule is CSCCNC(=NCc1ccc([N+](=O)[O-])cc1)NCCCn1c(C)nc2ccccc21. The molecule has 8 nitrogen and oxygen atoms in total. The van der Waals surface area contributed by atoms with E-state index >= 15 is 0 Å². The molecule has 3 aromatic rings. The molecule has 0 aliphatic rings. The fourth-order valence-corrected chi connectivity index (χ4v) is 3.57. The summed E-state index contributed by atoms with van der Waals surface area (Å²) in [6.07, 6.45) is 3.00. The number of fused-ring (bicyclic) bond motifs is 1. The van der Waals surface area contributed by atoms with Crippen LogP contribution in [0.4, 0.5) is 5.69 Å². The molecule has 9 heteroatoms. The molecule has 0 saturated heterocycles. The Morgan fingerprint density at radius 3 is 2.65 bits per heavy atom. The minimum atomic E-state index is -0.394. The van der Waals surface area contributed by atoms with Crippen LogP contribution in [0.15, 0.2) is 53.5 Å². The van der Waals surface area contributed by atoms with Crippen molar-refractivity contribution < 1.29 is 4.92 Å². The molecule has 31 heavy (non-hydrogen) atoms. The number of imidazole rings is 1. The van der Waals surface area contributed by atoms with Gasteiger partial charge in [-0.2, -0.15) is 11.8 Å². The molecule has 0 saturated carbocycles. The first-order chi connectivity index (χ1) is 15.1. The van der Waals surface area contributed by atoms with Crippen molar-refractivity contribution >= 4 is 34.4 Å². The van der Waals surface area contributed by atoms with Crippen LogP contribution in [0.3, 0.4) is 0 Å². The van der Waals surface area contributed by atoms with E-state index in [1.807, 2.05) is 25.1 Å². The molecular formula is C22H28N6O2S. The van der Waals surface area contributed by atoms with Crippen molar-refractivity contribution in [3.8, 4) is 0 Å². The van der Waals surface area contributed by atoms with Crippen molar-refractivity contribution in [2.45, 2.75) is 26.4 Å². The van der Waals surface area contributed by atoms with E-state index in [-0.39, 0.29) is 5.69 Å². The molecule has 0 radical (unpaired) electrons. The number of benzene rings is 2. The number of aliphatic imine (C=N–C) groups is 1. The van der Waals surface area contributed by atoms with Gasteiger partial charge in [0.25, 0.3) is 5.69 Å². The summed E-state index contributed by atoms with van der Waals surface area (Å²) in [6.45, 7) is 4.96. The van der Waals surface area contributed by atoms with Crippen molar-refractivity contribution in [2.75, 3.05) is 25.1 Å². The number of nitrogens with one attached hydrogen (secondary N) is 2. The fourth-order valence-electron chi connectivity index (χ4n) is 3.26. The number of aryl methyl sites for hydroxylation is 2. The highest BCUT2D eigenvalue weighted by atomic mass is 32.2. The molecule has 0 aliphatic heterocycles. The number of nitro benzene ring substituents is 1. The highest BCUT2D eigenvalue weighted by molar-refractivity contribution is 7.98. The van der Waals surface area contributed by atoms with Crippen molar-refractivity contribution in [1.82, 2.24) is 20.2 Å². The van der Waals surface area contributed by atoms with E-state index < -0.39 is 4.92 Å². The maximum absolute atomic E-state index is 10.8. The summed E-state index contributed by atoms with van der Waals surface area (Å²) in [5.74, 6) is 2.75. The fraction of sp³-hybridized carbons (Fsp3) is 0.364. The first-order valence-corrected chi connectivity index (χ1v) is 11.6. The van der Waals surface area contributed by atoms with E-state index in [2.05, 4.69) is 37.5 Å². The van der Waals surface area contributed by atoms with Gasteiger partial charge in [0.15, 0.2) is 5.96 Å². The number of non-ortho nitro benzene ring substituents is 1. The maximum atomic E-state index is 10.8. The smallest absolute Gasteiger partial charge is 0.269 e. The van der Waals surface area contributed by atoms with Gasteiger partial charge in [-0.1, -0.05) is 24.3 Å². The zero-order chi connectivity index (χ0) is 22.1. The summed E-state index contributed by atoms with van der Waals surface area (Å²) in [5, 5.41) is 17.5. The summed E-state index contributed by atoms with van der Waals surface area (Å²) in [4.78, 5) is 19.7. The lowest BCUT2D eigenvalue weighted by Gasteiger charge is -2.13. The first kappa shape index (κ1) is 22.6. The molecule has 0 fully saturated rings. The van der Waals surface area contributed by atoms with Crippen LogP contribution in [0, 0.1) is 17.0 Å². The van der Waals surface area contributed by atoms with Gasteiger partial charge in [0.05, 0.1) is 22.5 Å². The third-order valence-electron chi connectivity index (χ3n) is 4.86. The number of thioether (sulfide) groups is 1. The summed E-state index contributed by atoms with van der Waals surface area (Å²) >= 11 is 1.77.